The molecule has 1 unspecified atom stereocenters. The first-order chi connectivity index (χ1) is 8.04. The first kappa shape index (κ1) is 13.9. The van der Waals surface area contributed by atoms with Crippen molar-refractivity contribution in [3.63, 3.8) is 0 Å². The fraction of sp³-hybridized carbons (Fsp3) is 0.818. The van der Waals surface area contributed by atoms with E-state index in [-0.39, 0.29) is 17.7 Å². The quantitative estimate of drug-likeness (QED) is 0.338. The van der Waals surface area contributed by atoms with Gasteiger partial charge in [0, 0.05) is 18.4 Å². The Morgan fingerprint density at radius 3 is 2.47 bits per heavy atom. The summed E-state index contributed by atoms with van der Waals surface area (Å²) in [6.07, 6.45) is 2.86. The van der Waals surface area contributed by atoms with Crippen LogP contribution in [0.4, 0.5) is 0 Å². The number of carbonyl (C=O) groups is 2. The second-order valence-electron chi connectivity index (χ2n) is 4.67. The summed E-state index contributed by atoms with van der Waals surface area (Å²) >= 11 is 0. The zero-order valence-electron chi connectivity index (χ0n) is 10.3. The van der Waals surface area contributed by atoms with Crippen LogP contribution in [0.15, 0.2) is 0 Å². The van der Waals surface area contributed by atoms with Crippen molar-refractivity contribution < 1.29 is 9.59 Å². The molecule has 0 spiro atoms. The van der Waals surface area contributed by atoms with E-state index in [4.69, 9.17) is 11.6 Å². The predicted octanol–water partition coefficient (Wildman–Crippen LogP) is -0.658. The summed E-state index contributed by atoms with van der Waals surface area (Å²) in [4.78, 5) is 24.3. The van der Waals surface area contributed by atoms with Gasteiger partial charge in [-0.2, -0.15) is 0 Å². The molecule has 0 aromatic heterocycles. The van der Waals surface area contributed by atoms with E-state index in [9.17, 15) is 9.59 Å². The van der Waals surface area contributed by atoms with Gasteiger partial charge in [0.25, 0.3) is 0 Å². The number of nitrogens with one attached hydrogen (secondary N) is 1. The highest BCUT2D eigenvalue weighted by molar-refractivity contribution is 5.76. The van der Waals surface area contributed by atoms with Gasteiger partial charge in [-0.25, -0.2) is 5.84 Å². The van der Waals surface area contributed by atoms with Crippen LogP contribution in [-0.2, 0) is 9.59 Å². The van der Waals surface area contributed by atoms with Crippen molar-refractivity contribution in [1.82, 2.24) is 10.3 Å². The summed E-state index contributed by atoms with van der Waals surface area (Å²) in [5, 5.41) is 0. The number of carbonyl (C=O) groups excluding carboxylic acids is 2. The third kappa shape index (κ3) is 4.32. The molecule has 1 saturated heterocycles. The topological polar surface area (TPSA) is 101 Å². The summed E-state index contributed by atoms with van der Waals surface area (Å²) in [5.74, 6) is 4.71. The molecular formula is C11H22N4O2. The van der Waals surface area contributed by atoms with Gasteiger partial charge in [0.1, 0.15) is 0 Å². The molecule has 6 nitrogen and oxygen atoms in total. The Labute approximate surface area is 102 Å². The Morgan fingerprint density at radius 2 is 2.00 bits per heavy atom. The molecule has 0 aromatic rings. The number of nitrogens with two attached hydrogens (primary N) is 2. The standard InChI is InChI=1S/C11H22N4O2/c1-8(2-3-10(16)14-13)15-6-4-9(5-7-15)11(12)17/h8-9H,2-7,13H2,1H3,(H2,12,17)(H,14,16). The van der Waals surface area contributed by atoms with Gasteiger partial charge in [-0.3, -0.25) is 15.0 Å². The van der Waals surface area contributed by atoms with Crippen LogP contribution < -0.4 is 17.0 Å². The third-order valence-electron chi connectivity index (χ3n) is 3.51. The van der Waals surface area contributed by atoms with Gasteiger partial charge in [-0.15, -0.1) is 0 Å². The van der Waals surface area contributed by atoms with E-state index >= 15 is 0 Å². The lowest BCUT2D eigenvalue weighted by molar-refractivity contribution is -0.123. The van der Waals surface area contributed by atoms with Gasteiger partial charge in [0.2, 0.25) is 11.8 Å². The monoisotopic (exact) mass is 242 g/mol. The van der Waals surface area contributed by atoms with Crippen molar-refractivity contribution in [3.05, 3.63) is 0 Å². The van der Waals surface area contributed by atoms with E-state index in [1.807, 2.05) is 0 Å². The zero-order chi connectivity index (χ0) is 12.8. The maximum atomic E-state index is 11.0. The third-order valence-corrected chi connectivity index (χ3v) is 3.51. The van der Waals surface area contributed by atoms with Crippen molar-refractivity contribution in [1.29, 1.82) is 0 Å². The Bertz CT molecular complexity index is 275. The number of likely N-dealkylation sites (tertiary alicyclic amines) is 1. The number of nitrogens with zero attached hydrogens (tertiary/aromatic N) is 1. The van der Waals surface area contributed by atoms with Gasteiger partial charge in [0.05, 0.1) is 0 Å². The molecule has 1 fully saturated rings. The molecular weight excluding hydrogens is 220 g/mol. The first-order valence-corrected chi connectivity index (χ1v) is 6.07. The number of hydrogen-bond donors (Lipinski definition) is 3. The summed E-state index contributed by atoms with van der Waals surface area (Å²) in [6.45, 7) is 3.84. The molecule has 1 rings (SSSR count). The zero-order valence-corrected chi connectivity index (χ0v) is 10.3. The molecule has 98 valence electrons. The van der Waals surface area contributed by atoms with Crippen molar-refractivity contribution in [2.75, 3.05) is 13.1 Å². The van der Waals surface area contributed by atoms with Crippen LogP contribution >= 0.6 is 0 Å². The summed E-state index contributed by atoms with van der Waals surface area (Å²) < 4.78 is 0. The summed E-state index contributed by atoms with van der Waals surface area (Å²) in [7, 11) is 0. The summed E-state index contributed by atoms with van der Waals surface area (Å²) in [6, 6.07) is 0.334. The molecule has 5 N–H and O–H groups in total. The Hall–Kier alpha value is -1.14. The maximum absolute atomic E-state index is 11.0. The molecule has 0 aromatic carbocycles. The van der Waals surface area contributed by atoms with Gasteiger partial charge < -0.3 is 10.6 Å². The number of hydrazine groups is 1. The van der Waals surface area contributed by atoms with Crippen molar-refractivity contribution in [2.45, 2.75) is 38.6 Å². The first-order valence-electron chi connectivity index (χ1n) is 6.07. The van der Waals surface area contributed by atoms with E-state index in [1.54, 1.807) is 0 Å². The molecule has 0 saturated carbocycles. The lowest BCUT2D eigenvalue weighted by atomic mass is 9.95. The predicted molar refractivity (Wildman–Crippen MR) is 64.5 cm³/mol. The van der Waals surface area contributed by atoms with Crippen LogP contribution in [0.2, 0.25) is 0 Å². The largest absolute Gasteiger partial charge is 0.369 e. The highest BCUT2D eigenvalue weighted by Gasteiger charge is 2.25. The number of piperidine rings is 1. The van der Waals surface area contributed by atoms with Crippen molar-refractivity contribution in [2.24, 2.45) is 17.5 Å². The lowest BCUT2D eigenvalue weighted by Crippen LogP contribution is -2.43. The van der Waals surface area contributed by atoms with Gasteiger partial charge in [0.15, 0.2) is 0 Å². The van der Waals surface area contributed by atoms with Gasteiger partial charge in [-0.05, 0) is 39.3 Å². The van der Waals surface area contributed by atoms with Crippen molar-refractivity contribution in [3.8, 4) is 0 Å². The van der Waals surface area contributed by atoms with Crippen LogP contribution in [0.3, 0.4) is 0 Å². The number of rotatable bonds is 5. The molecule has 17 heavy (non-hydrogen) atoms. The van der Waals surface area contributed by atoms with Crippen LogP contribution in [-0.4, -0.2) is 35.8 Å². The molecule has 1 heterocycles. The molecule has 2 amide bonds. The smallest absolute Gasteiger partial charge is 0.233 e. The number of amides is 2. The van der Waals surface area contributed by atoms with Crippen molar-refractivity contribution >= 4 is 11.8 Å². The molecule has 1 aliphatic rings. The highest BCUT2D eigenvalue weighted by Crippen LogP contribution is 2.20. The van der Waals surface area contributed by atoms with Gasteiger partial charge in [-0.1, -0.05) is 0 Å². The Kier molecular flexibility index (Phi) is 5.37. The fourth-order valence-electron chi connectivity index (χ4n) is 2.22. The minimum absolute atomic E-state index is 0.0193. The number of primary amides is 1. The fourth-order valence-corrected chi connectivity index (χ4v) is 2.22. The molecule has 1 atom stereocenters. The Balaban J connectivity index is 2.28. The van der Waals surface area contributed by atoms with Crippen LogP contribution in [0.5, 0.6) is 0 Å². The van der Waals surface area contributed by atoms with E-state index in [1.165, 1.54) is 0 Å². The average molecular weight is 242 g/mol. The molecule has 0 bridgehead atoms. The van der Waals surface area contributed by atoms with E-state index in [0.717, 1.165) is 32.4 Å². The normalized spacial score (nSPS) is 19.9. The Morgan fingerprint density at radius 1 is 1.41 bits per heavy atom. The molecule has 6 heteroatoms. The van der Waals surface area contributed by atoms with Crippen LogP contribution in [0.25, 0.3) is 0 Å². The highest BCUT2D eigenvalue weighted by atomic mass is 16.2. The van der Waals surface area contributed by atoms with Crippen LogP contribution in [0, 0.1) is 5.92 Å². The SMILES string of the molecule is CC(CCC(=O)NN)N1CCC(C(N)=O)CC1. The summed E-state index contributed by atoms with van der Waals surface area (Å²) in [5.41, 5.74) is 7.41. The average Bonchev–Trinajstić information content (AvgIpc) is 2.35. The molecule has 0 radical (unpaired) electrons. The molecule has 1 aliphatic heterocycles. The molecule has 0 aliphatic carbocycles. The van der Waals surface area contributed by atoms with E-state index in [0.29, 0.717) is 12.5 Å². The number of hydrogen-bond acceptors (Lipinski definition) is 4. The van der Waals surface area contributed by atoms with E-state index in [2.05, 4.69) is 17.2 Å². The lowest BCUT2D eigenvalue weighted by Gasteiger charge is -2.35. The second kappa shape index (κ2) is 6.56. The van der Waals surface area contributed by atoms with Crippen LogP contribution in [0.1, 0.15) is 32.6 Å². The minimum Gasteiger partial charge on any atom is -0.369 e. The minimum atomic E-state index is -0.195. The maximum Gasteiger partial charge on any atom is 0.233 e. The van der Waals surface area contributed by atoms with Gasteiger partial charge >= 0.3 is 0 Å². The van der Waals surface area contributed by atoms with E-state index < -0.39 is 0 Å². The second-order valence-corrected chi connectivity index (χ2v) is 4.67.